The molecule has 3 nitrogen and oxygen atoms in total. The SMILES string of the molecule is C=C/C=C1/C(=O)NC(/C(C)=C/C=C(/C)C=C)(C(/C=C\C(=C/C)OC)=C/C)/C1=C/C=C. The number of hydrogen-bond acceptors (Lipinski definition) is 2. The van der Waals surface area contributed by atoms with E-state index in [4.69, 9.17) is 4.74 Å². The van der Waals surface area contributed by atoms with E-state index in [1.807, 2.05) is 70.2 Å². The van der Waals surface area contributed by atoms with Gasteiger partial charge < -0.3 is 10.1 Å². The molecule has 1 heterocycles. The topological polar surface area (TPSA) is 38.3 Å². The molecule has 1 N–H and O–H groups in total. The van der Waals surface area contributed by atoms with Crippen molar-refractivity contribution in [2.45, 2.75) is 33.2 Å². The number of hydrogen-bond donors (Lipinski definition) is 1. The molecule has 158 valence electrons. The van der Waals surface area contributed by atoms with Gasteiger partial charge in [0, 0.05) is 5.57 Å². The Morgan fingerprint density at radius 3 is 2.17 bits per heavy atom. The van der Waals surface area contributed by atoms with Crippen LogP contribution in [-0.2, 0) is 9.53 Å². The summed E-state index contributed by atoms with van der Waals surface area (Å²) in [5.74, 6) is 0.569. The van der Waals surface area contributed by atoms with Crippen molar-refractivity contribution in [3.8, 4) is 0 Å². The predicted octanol–water partition coefficient (Wildman–Crippen LogP) is 6.21. The third kappa shape index (κ3) is 5.18. The van der Waals surface area contributed by atoms with Crippen LogP contribution in [0.25, 0.3) is 0 Å². The Kier molecular flexibility index (Phi) is 9.57. The lowest BCUT2D eigenvalue weighted by molar-refractivity contribution is -0.116. The van der Waals surface area contributed by atoms with Gasteiger partial charge in [-0.05, 0) is 62.6 Å². The number of methoxy groups -OCH3 is 1. The molecule has 0 spiro atoms. The normalized spacial score (nSPS) is 23.8. The van der Waals surface area contributed by atoms with Crippen LogP contribution in [0.15, 0.2) is 120 Å². The third-order valence-corrected chi connectivity index (χ3v) is 5.01. The molecule has 0 aromatic carbocycles. The molecule has 0 aliphatic carbocycles. The number of amides is 1. The summed E-state index contributed by atoms with van der Waals surface area (Å²) in [5, 5.41) is 3.22. The minimum absolute atomic E-state index is 0.161. The average Bonchev–Trinajstić information content (AvgIpc) is 3.02. The highest BCUT2D eigenvalue weighted by Crippen LogP contribution is 2.43. The van der Waals surface area contributed by atoms with Crippen molar-refractivity contribution < 1.29 is 9.53 Å². The molecule has 30 heavy (non-hydrogen) atoms. The van der Waals surface area contributed by atoms with Crippen molar-refractivity contribution in [2.75, 3.05) is 7.11 Å². The number of nitrogens with one attached hydrogen (secondary N) is 1. The summed E-state index contributed by atoms with van der Waals surface area (Å²) in [6.45, 7) is 19.3. The van der Waals surface area contributed by atoms with Gasteiger partial charge >= 0.3 is 0 Å². The summed E-state index contributed by atoms with van der Waals surface area (Å²) in [5.41, 5.74) is 3.42. The molecule has 1 fully saturated rings. The van der Waals surface area contributed by atoms with Crippen LogP contribution in [-0.4, -0.2) is 18.6 Å². The van der Waals surface area contributed by atoms with Crippen LogP contribution in [0.5, 0.6) is 0 Å². The molecule has 0 bridgehead atoms. The number of allylic oxidation sites excluding steroid dienone is 11. The second-order valence-electron chi connectivity index (χ2n) is 6.77. The Labute approximate surface area is 181 Å². The Morgan fingerprint density at radius 1 is 1.00 bits per heavy atom. The van der Waals surface area contributed by atoms with Crippen molar-refractivity contribution in [1.29, 1.82) is 0 Å². The largest absolute Gasteiger partial charge is 0.497 e. The first-order valence-electron chi connectivity index (χ1n) is 9.88. The van der Waals surface area contributed by atoms with E-state index in [2.05, 4.69) is 25.1 Å². The highest BCUT2D eigenvalue weighted by atomic mass is 16.5. The summed E-state index contributed by atoms with van der Waals surface area (Å²) in [4.78, 5) is 13.0. The molecule has 1 saturated heterocycles. The molecule has 1 amide bonds. The van der Waals surface area contributed by atoms with E-state index in [-0.39, 0.29) is 5.91 Å². The van der Waals surface area contributed by atoms with Gasteiger partial charge in [-0.15, -0.1) is 0 Å². The Hall–Kier alpha value is -3.33. The second kappa shape index (κ2) is 11.6. The van der Waals surface area contributed by atoms with Crippen molar-refractivity contribution in [2.24, 2.45) is 0 Å². The van der Waals surface area contributed by atoms with Crippen LogP contribution < -0.4 is 5.32 Å². The molecule has 0 aromatic rings. The van der Waals surface area contributed by atoms with Crippen LogP contribution in [0.4, 0.5) is 0 Å². The first-order valence-corrected chi connectivity index (χ1v) is 9.88. The van der Waals surface area contributed by atoms with Crippen LogP contribution >= 0.6 is 0 Å². The maximum absolute atomic E-state index is 13.0. The second-order valence-corrected chi connectivity index (χ2v) is 6.77. The van der Waals surface area contributed by atoms with E-state index in [0.29, 0.717) is 5.57 Å². The summed E-state index contributed by atoms with van der Waals surface area (Å²) in [6.07, 6.45) is 20.4. The van der Waals surface area contributed by atoms with Crippen molar-refractivity contribution in [1.82, 2.24) is 5.32 Å². The number of rotatable bonds is 9. The van der Waals surface area contributed by atoms with Crippen molar-refractivity contribution >= 4 is 5.91 Å². The average molecular weight is 404 g/mol. The summed E-state index contributed by atoms with van der Waals surface area (Å²) < 4.78 is 5.37. The Balaban J connectivity index is 3.89. The Bertz CT molecular complexity index is 917. The van der Waals surface area contributed by atoms with Gasteiger partial charge in [0.1, 0.15) is 11.3 Å². The van der Waals surface area contributed by atoms with Crippen LogP contribution in [0.1, 0.15) is 27.7 Å². The standard InChI is InChI=1S/C27H33NO2/c1-9-14-24-25(15-10-2)27(28-26(24)29,21(7)17-16-20(6)11-3)22(12-4)18-19-23(13-5)30-8/h9-19H,1-3H2,4-8H3,(H,28,29)/b19-18-,20-16-,21-17+,22-12+,23-13+,24-14+,25-15+. The fourth-order valence-electron chi connectivity index (χ4n) is 3.35. The smallest absolute Gasteiger partial charge is 0.252 e. The van der Waals surface area contributed by atoms with Gasteiger partial charge in [0.05, 0.1) is 7.11 Å². The minimum atomic E-state index is -0.851. The molecular formula is C27H33NO2. The first-order chi connectivity index (χ1) is 14.4. The van der Waals surface area contributed by atoms with E-state index >= 15 is 0 Å². The van der Waals surface area contributed by atoms with E-state index in [1.54, 1.807) is 31.4 Å². The number of carbonyl (C=O) groups excluding carboxylic acids is 1. The zero-order chi connectivity index (χ0) is 22.7. The molecule has 1 atom stereocenters. The summed E-state index contributed by atoms with van der Waals surface area (Å²) in [7, 11) is 1.63. The number of carbonyl (C=O) groups is 1. The summed E-state index contributed by atoms with van der Waals surface area (Å²) in [6, 6.07) is 0. The van der Waals surface area contributed by atoms with Gasteiger partial charge in [0.2, 0.25) is 0 Å². The van der Waals surface area contributed by atoms with Gasteiger partial charge in [0.15, 0.2) is 0 Å². The van der Waals surface area contributed by atoms with Gasteiger partial charge in [0.25, 0.3) is 5.91 Å². The fraction of sp³-hybridized carbons (Fsp3) is 0.222. The maximum Gasteiger partial charge on any atom is 0.252 e. The van der Waals surface area contributed by atoms with Crippen LogP contribution in [0.2, 0.25) is 0 Å². The van der Waals surface area contributed by atoms with Gasteiger partial charge in [-0.1, -0.05) is 73.9 Å². The molecule has 1 aliphatic rings. The lowest BCUT2D eigenvalue weighted by Gasteiger charge is -2.33. The molecule has 0 radical (unpaired) electrons. The first kappa shape index (κ1) is 24.7. The lowest BCUT2D eigenvalue weighted by Crippen LogP contribution is -2.45. The minimum Gasteiger partial charge on any atom is -0.497 e. The molecular weight excluding hydrogens is 370 g/mol. The Morgan fingerprint density at radius 2 is 1.67 bits per heavy atom. The van der Waals surface area contributed by atoms with Gasteiger partial charge in [-0.25, -0.2) is 0 Å². The zero-order valence-corrected chi connectivity index (χ0v) is 18.8. The maximum atomic E-state index is 13.0. The molecule has 0 aromatic heterocycles. The molecule has 1 rings (SSSR count). The molecule has 1 unspecified atom stereocenters. The molecule has 1 aliphatic heterocycles. The zero-order valence-electron chi connectivity index (χ0n) is 18.8. The van der Waals surface area contributed by atoms with E-state index in [9.17, 15) is 4.79 Å². The monoisotopic (exact) mass is 403 g/mol. The van der Waals surface area contributed by atoms with Gasteiger partial charge in [-0.2, -0.15) is 0 Å². The molecule has 3 heteroatoms. The number of ether oxygens (including phenoxy) is 1. The van der Waals surface area contributed by atoms with E-state index in [1.165, 1.54) is 0 Å². The van der Waals surface area contributed by atoms with Crippen molar-refractivity contribution in [3.63, 3.8) is 0 Å². The van der Waals surface area contributed by atoms with Crippen LogP contribution in [0, 0.1) is 0 Å². The quantitative estimate of drug-likeness (QED) is 0.282. The molecule has 0 saturated carbocycles. The van der Waals surface area contributed by atoms with Gasteiger partial charge in [-0.3, -0.25) is 4.79 Å². The highest BCUT2D eigenvalue weighted by Gasteiger charge is 2.48. The summed E-state index contributed by atoms with van der Waals surface area (Å²) >= 11 is 0. The van der Waals surface area contributed by atoms with E-state index in [0.717, 1.165) is 28.1 Å². The fourth-order valence-corrected chi connectivity index (χ4v) is 3.35. The predicted molar refractivity (Wildman–Crippen MR) is 129 cm³/mol. The highest BCUT2D eigenvalue weighted by molar-refractivity contribution is 6.05. The van der Waals surface area contributed by atoms with Crippen molar-refractivity contribution in [3.05, 3.63) is 120 Å². The third-order valence-electron chi connectivity index (χ3n) is 5.01. The lowest BCUT2D eigenvalue weighted by atomic mass is 9.75. The van der Waals surface area contributed by atoms with E-state index < -0.39 is 5.54 Å². The van der Waals surface area contributed by atoms with Crippen LogP contribution in [0.3, 0.4) is 0 Å².